The van der Waals surface area contributed by atoms with Gasteiger partial charge in [0.15, 0.2) is 0 Å². The fourth-order valence-corrected chi connectivity index (χ4v) is 4.87. The number of hydrogen-bond acceptors (Lipinski definition) is 3. The molecule has 3 rings (SSSR count). The van der Waals surface area contributed by atoms with Gasteiger partial charge in [0.2, 0.25) is 0 Å². The molecule has 1 amide bonds. The first kappa shape index (κ1) is 23.0. The SMILES string of the molecule is CC1(C)CCC(c2ccc(NC3CCC(CNC(=O)OC(C)(C)C)CC3)cc2)CC1. The van der Waals surface area contributed by atoms with Crippen molar-refractivity contribution in [2.24, 2.45) is 11.3 Å². The van der Waals surface area contributed by atoms with Crippen molar-refractivity contribution in [2.45, 2.75) is 104 Å². The highest BCUT2D eigenvalue weighted by atomic mass is 16.6. The number of benzene rings is 1. The quantitative estimate of drug-likeness (QED) is 0.553. The maximum Gasteiger partial charge on any atom is 0.407 e. The highest BCUT2D eigenvalue weighted by Crippen LogP contribution is 2.42. The zero-order chi connectivity index (χ0) is 21.8. The molecule has 2 saturated carbocycles. The fourth-order valence-electron chi connectivity index (χ4n) is 4.87. The Balaban J connectivity index is 1.38. The lowest BCUT2D eigenvalue weighted by molar-refractivity contribution is 0.0515. The van der Waals surface area contributed by atoms with E-state index in [0.717, 1.165) is 31.6 Å². The van der Waals surface area contributed by atoms with E-state index in [0.29, 0.717) is 23.9 Å². The van der Waals surface area contributed by atoms with Gasteiger partial charge in [-0.25, -0.2) is 4.79 Å². The molecule has 0 aromatic heterocycles. The molecule has 0 aliphatic heterocycles. The maximum atomic E-state index is 11.8. The van der Waals surface area contributed by atoms with E-state index < -0.39 is 5.60 Å². The normalized spacial score (nSPS) is 24.8. The summed E-state index contributed by atoms with van der Waals surface area (Å²) in [4.78, 5) is 11.8. The molecule has 1 aromatic carbocycles. The molecule has 0 bridgehead atoms. The standard InChI is InChI=1S/C26H42N2O2/c1-25(2,3)30-24(29)27-18-19-6-10-22(11-7-19)28-23-12-8-20(9-13-23)21-14-16-26(4,5)17-15-21/h8-9,12-13,19,21-22,28H,6-7,10-11,14-18H2,1-5H3,(H,27,29). The number of rotatable bonds is 5. The van der Waals surface area contributed by atoms with Gasteiger partial charge < -0.3 is 15.4 Å². The zero-order valence-electron chi connectivity index (χ0n) is 19.7. The molecule has 0 saturated heterocycles. The van der Waals surface area contributed by atoms with Crippen molar-refractivity contribution >= 4 is 11.8 Å². The topological polar surface area (TPSA) is 50.4 Å². The van der Waals surface area contributed by atoms with Crippen LogP contribution in [0.1, 0.15) is 97.5 Å². The van der Waals surface area contributed by atoms with Gasteiger partial charge in [0.25, 0.3) is 0 Å². The Morgan fingerprint density at radius 1 is 1.00 bits per heavy atom. The summed E-state index contributed by atoms with van der Waals surface area (Å²) in [7, 11) is 0. The van der Waals surface area contributed by atoms with Crippen molar-refractivity contribution in [1.29, 1.82) is 0 Å². The average Bonchev–Trinajstić information content (AvgIpc) is 2.67. The number of hydrogen-bond donors (Lipinski definition) is 2. The molecule has 0 radical (unpaired) electrons. The lowest BCUT2D eigenvalue weighted by Gasteiger charge is -2.34. The molecule has 30 heavy (non-hydrogen) atoms. The third-order valence-corrected chi connectivity index (χ3v) is 6.87. The van der Waals surface area contributed by atoms with Gasteiger partial charge in [0.05, 0.1) is 0 Å². The molecular weight excluding hydrogens is 372 g/mol. The van der Waals surface area contributed by atoms with Crippen LogP contribution in [-0.4, -0.2) is 24.3 Å². The molecule has 168 valence electrons. The second-order valence-corrected chi connectivity index (χ2v) is 11.3. The number of carbonyl (C=O) groups is 1. The summed E-state index contributed by atoms with van der Waals surface area (Å²) in [6.45, 7) is 11.2. The van der Waals surface area contributed by atoms with Crippen molar-refractivity contribution in [3.63, 3.8) is 0 Å². The highest BCUT2D eigenvalue weighted by molar-refractivity contribution is 5.67. The van der Waals surface area contributed by atoms with Crippen LogP contribution in [-0.2, 0) is 4.74 Å². The van der Waals surface area contributed by atoms with Gasteiger partial charge in [-0.15, -0.1) is 0 Å². The third-order valence-electron chi connectivity index (χ3n) is 6.87. The van der Waals surface area contributed by atoms with Crippen LogP contribution < -0.4 is 10.6 Å². The van der Waals surface area contributed by atoms with Crippen LogP contribution in [0.2, 0.25) is 0 Å². The Kier molecular flexibility index (Phi) is 7.36. The molecule has 1 aromatic rings. The van der Waals surface area contributed by atoms with Crippen LogP contribution >= 0.6 is 0 Å². The van der Waals surface area contributed by atoms with Crippen molar-refractivity contribution in [3.8, 4) is 0 Å². The van der Waals surface area contributed by atoms with E-state index >= 15 is 0 Å². The van der Waals surface area contributed by atoms with Crippen LogP contribution in [0.25, 0.3) is 0 Å². The lowest BCUT2D eigenvalue weighted by Crippen LogP contribution is -2.37. The number of nitrogens with one attached hydrogen (secondary N) is 2. The molecule has 2 aliphatic carbocycles. The van der Waals surface area contributed by atoms with Gasteiger partial charge in [-0.3, -0.25) is 0 Å². The smallest absolute Gasteiger partial charge is 0.407 e. The summed E-state index contributed by atoms with van der Waals surface area (Å²) in [5, 5.41) is 6.66. The number of amides is 1. The van der Waals surface area contributed by atoms with E-state index in [2.05, 4.69) is 48.7 Å². The second kappa shape index (κ2) is 9.62. The van der Waals surface area contributed by atoms with Gasteiger partial charge in [0, 0.05) is 18.3 Å². The first-order chi connectivity index (χ1) is 14.1. The minimum atomic E-state index is -0.436. The Bertz CT molecular complexity index is 672. The van der Waals surface area contributed by atoms with Crippen molar-refractivity contribution < 1.29 is 9.53 Å². The van der Waals surface area contributed by atoms with E-state index in [4.69, 9.17) is 4.74 Å². The summed E-state index contributed by atoms with van der Waals surface area (Å²) in [5.41, 5.74) is 2.84. The molecule has 2 aliphatic rings. The maximum absolute atomic E-state index is 11.8. The Hall–Kier alpha value is -1.71. The predicted octanol–water partition coefficient (Wildman–Crippen LogP) is 6.87. The third kappa shape index (κ3) is 7.21. The van der Waals surface area contributed by atoms with Crippen LogP contribution in [0.3, 0.4) is 0 Å². The van der Waals surface area contributed by atoms with E-state index in [1.54, 1.807) is 0 Å². The van der Waals surface area contributed by atoms with E-state index in [9.17, 15) is 4.79 Å². The van der Waals surface area contributed by atoms with Crippen LogP contribution in [0, 0.1) is 11.3 Å². The molecule has 0 spiro atoms. The van der Waals surface area contributed by atoms with Gasteiger partial charge in [-0.2, -0.15) is 0 Å². The van der Waals surface area contributed by atoms with Crippen LogP contribution in [0.5, 0.6) is 0 Å². The summed E-state index contributed by atoms with van der Waals surface area (Å²) in [6.07, 6.45) is 9.60. The summed E-state index contributed by atoms with van der Waals surface area (Å²) >= 11 is 0. The molecule has 2 N–H and O–H groups in total. The average molecular weight is 415 g/mol. The van der Waals surface area contributed by atoms with Crippen LogP contribution in [0.15, 0.2) is 24.3 Å². The largest absolute Gasteiger partial charge is 0.444 e. The van der Waals surface area contributed by atoms with Crippen molar-refractivity contribution in [3.05, 3.63) is 29.8 Å². The minimum Gasteiger partial charge on any atom is -0.444 e. The van der Waals surface area contributed by atoms with Gasteiger partial charge in [-0.1, -0.05) is 26.0 Å². The first-order valence-electron chi connectivity index (χ1n) is 11.9. The number of ether oxygens (including phenoxy) is 1. The molecular formula is C26H42N2O2. The highest BCUT2D eigenvalue weighted by Gasteiger charge is 2.27. The van der Waals surface area contributed by atoms with Gasteiger partial charge >= 0.3 is 6.09 Å². The lowest BCUT2D eigenvalue weighted by atomic mass is 9.71. The summed E-state index contributed by atoms with van der Waals surface area (Å²) in [6, 6.07) is 9.74. The van der Waals surface area contributed by atoms with Crippen molar-refractivity contribution in [2.75, 3.05) is 11.9 Å². The molecule has 2 fully saturated rings. The molecule has 4 nitrogen and oxygen atoms in total. The Morgan fingerprint density at radius 2 is 1.60 bits per heavy atom. The number of anilines is 1. The van der Waals surface area contributed by atoms with Gasteiger partial charge in [-0.05, 0) is 107 Å². The fraction of sp³-hybridized carbons (Fsp3) is 0.731. The minimum absolute atomic E-state index is 0.302. The molecule has 0 atom stereocenters. The monoisotopic (exact) mass is 414 g/mol. The second-order valence-electron chi connectivity index (χ2n) is 11.3. The molecule has 4 heteroatoms. The predicted molar refractivity (Wildman–Crippen MR) is 125 cm³/mol. The molecule has 0 unspecified atom stereocenters. The van der Waals surface area contributed by atoms with E-state index in [1.165, 1.54) is 36.9 Å². The van der Waals surface area contributed by atoms with Crippen molar-refractivity contribution in [1.82, 2.24) is 5.32 Å². The first-order valence-corrected chi connectivity index (χ1v) is 11.9. The van der Waals surface area contributed by atoms with E-state index in [1.807, 2.05) is 20.8 Å². The number of alkyl carbamates (subject to hydrolysis) is 1. The Morgan fingerprint density at radius 3 is 2.17 bits per heavy atom. The van der Waals surface area contributed by atoms with Gasteiger partial charge in [0.1, 0.15) is 5.60 Å². The van der Waals surface area contributed by atoms with E-state index in [-0.39, 0.29) is 6.09 Å². The zero-order valence-corrected chi connectivity index (χ0v) is 19.7. The van der Waals surface area contributed by atoms with Crippen LogP contribution in [0.4, 0.5) is 10.5 Å². The summed E-state index contributed by atoms with van der Waals surface area (Å²) < 4.78 is 5.33. The Labute approximate surface area is 183 Å². The molecule has 0 heterocycles. The summed E-state index contributed by atoms with van der Waals surface area (Å²) in [5.74, 6) is 1.29. The number of carbonyl (C=O) groups excluding carboxylic acids is 1.